The molecule has 0 heterocycles. The van der Waals surface area contributed by atoms with E-state index in [1.165, 1.54) is 11.6 Å². The van der Waals surface area contributed by atoms with E-state index in [1.807, 2.05) is 24.3 Å². The van der Waals surface area contributed by atoms with Gasteiger partial charge in [-0.2, -0.15) is 5.26 Å². The molecule has 0 aliphatic carbocycles. The monoisotopic (exact) mass is 291 g/mol. The van der Waals surface area contributed by atoms with Crippen molar-refractivity contribution in [3.8, 4) is 17.2 Å². The summed E-state index contributed by atoms with van der Waals surface area (Å²) in [4.78, 5) is 10.9. The molecule has 2 aromatic carbocycles. The predicted molar refractivity (Wildman–Crippen MR) is 86.1 cm³/mol. The molecule has 0 atom stereocenters. The van der Waals surface area contributed by atoms with Gasteiger partial charge in [-0.05, 0) is 41.7 Å². The second-order valence-electron chi connectivity index (χ2n) is 4.86. The summed E-state index contributed by atoms with van der Waals surface area (Å²) in [6, 6.07) is 17.9. The van der Waals surface area contributed by atoms with E-state index >= 15 is 0 Å². The van der Waals surface area contributed by atoms with Gasteiger partial charge in [-0.15, -0.1) is 0 Å². The third-order valence-electron chi connectivity index (χ3n) is 3.32. The molecule has 110 valence electrons. The van der Waals surface area contributed by atoms with Crippen LogP contribution in [0.25, 0.3) is 11.1 Å². The Morgan fingerprint density at radius 3 is 2.23 bits per heavy atom. The molecule has 0 radical (unpaired) electrons. The highest BCUT2D eigenvalue weighted by Gasteiger charge is 2.00. The lowest BCUT2D eigenvalue weighted by molar-refractivity contribution is -0.137. The lowest BCUT2D eigenvalue weighted by Gasteiger charge is -2.05. The molecular formula is C19H17NO2. The third-order valence-corrected chi connectivity index (χ3v) is 3.32. The summed E-state index contributed by atoms with van der Waals surface area (Å²) in [5.41, 5.74) is 4.07. The summed E-state index contributed by atoms with van der Waals surface area (Å²) in [5.74, 6) is -0.379. The normalized spacial score (nSPS) is 9.77. The number of ether oxygens (including phenoxy) is 1. The fraction of sp³-hybridized carbons (Fsp3) is 0.158. The van der Waals surface area contributed by atoms with Crippen LogP contribution in [0.4, 0.5) is 0 Å². The van der Waals surface area contributed by atoms with Crippen LogP contribution in [-0.4, -0.2) is 12.6 Å². The van der Waals surface area contributed by atoms with Gasteiger partial charge in [-0.1, -0.05) is 43.0 Å². The van der Waals surface area contributed by atoms with Gasteiger partial charge in [0.25, 0.3) is 0 Å². The molecule has 2 aromatic rings. The molecule has 2 rings (SSSR count). The number of carbonyl (C=O) groups excluding carboxylic acids is 1. The van der Waals surface area contributed by atoms with Crippen molar-refractivity contribution < 1.29 is 9.53 Å². The Morgan fingerprint density at radius 2 is 1.68 bits per heavy atom. The average molecular weight is 291 g/mol. The highest BCUT2D eigenvalue weighted by molar-refractivity contribution is 5.81. The van der Waals surface area contributed by atoms with Crippen molar-refractivity contribution in [2.24, 2.45) is 0 Å². The fourth-order valence-corrected chi connectivity index (χ4v) is 2.11. The molecule has 0 amide bonds. The lowest BCUT2D eigenvalue weighted by Crippen LogP contribution is -2.02. The molecule has 0 bridgehead atoms. The van der Waals surface area contributed by atoms with Crippen LogP contribution in [-0.2, 0) is 16.0 Å². The first-order valence-corrected chi connectivity index (χ1v) is 7.11. The zero-order valence-electron chi connectivity index (χ0n) is 12.3. The van der Waals surface area contributed by atoms with Crippen molar-refractivity contribution in [2.75, 3.05) is 6.61 Å². The molecular weight excluding hydrogens is 274 g/mol. The topological polar surface area (TPSA) is 50.1 Å². The van der Waals surface area contributed by atoms with Gasteiger partial charge in [0.15, 0.2) is 0 Å². The lowest BCUT2D eigenvalue weighted by atomic mass is 10.0. The van der Waals surface area contributed by atoms with E-state index in [-0.39, 0.29) is 5.97 Å². The van der Waals surface area contributed by atoms with Gasteiger partial charge in [0, 0.05) is 6.08 Å². The molecule has 0 saturated carbocycles. The molecule has 3 heteroatoms. The SMILES string of the molecule is C=CC(=O)OCCCc1ccc(-c2ccc(C#N)cc2)cc1. The van der Waals surface area contributed by atoms with Gasteiger partial charge in [0.1, 0.15) is 0 Å². The minimum Gasteiger partial charge on any atom is -0.463 e. The number of esters is 1. The first-order valence-electron chi connectivity index (χ1n) is 7.11. The first-order chi connectivity index (χ1) is 10.7. The van der Waals surface area contributed by atoms with Crippen molar-refractivity contribution in [1.29, 1.82) is 5.26 Å². The standard InChI is InChI=1S/C19H17NO2/c1-2-19(21)22-13-3-4-15-5-9-17(10-6-15)18-11-7-16(14-20)8-12-18/h2,5-12H,1,3-4,13H2. The van der Waals surface area contributed by atoms with Crippen LogP contribution in [0.5, 0.6) is 0 Å². The number of aryl methyl sites for hydroxylation is 1. The number of rotatable bonds is 6. The number of hydrogen-bond donors (Lipinski definition) is 0. The van der Waals surface area contributed by atoms with Crippen molar-refractivity contribution >= 4 is 5.97 Å². The number of nitriles is 1. The van der Waals surface area contributed by atoms with Crippen molar-refractivity contribution in [3.05, 3.63) is 72.3 Å². The number of carbonyl (C=O) groups is 1. The van der Waals surface area contributed by atoms with Gasteiger partial charge in [-0.25, -0.2) is 4.79 Å². The van der Waals surface area contributed by atoms with E-state index in [2.05, 4.69) is 36.9 Å². The van der Waals surface area contributed by atoms with Crippen LogP contribution in [0.1, 0.15) is 17.5 Å². The molecule has 0 spiro atoms. The highest BCUT2D eigenvalue weighted by Crippen LogP contribution is 2.20. The first kappa shape index (κ1) is 15.5. The summed E-state index contributed by atoms with van der Waals surface area (Å²) in [7, 11) is 0. The maximum absolute atomic E-state index is 10.9. The second kappa shape index (κ2) is 7.80. The number of benzene rings is 2. The largest absolute Gasteiger partial charge is 0.463 e. The number of nitrogens with zero attached hydrogens (tertiary/aromatic N) is 1. The van der Waals surface area contributed by atoms with Crippen LogP contribution < -0.4 is 0 Å². The van der Waals surface area contributed by atoms with Gasteiger partial charge in [-0.3, -0.25) is 0 Å². The van der Waals surface area contributed by atoms with E-state index in [9.17, 15) is 4.79 Å². The summed E-state index contributed by atoms with van der Waals surface area (Å²) in [6.07, 6.45) is 2.82. The van der Waals surface area contributed by atoms with Gasteiger partial charge in [0.2, 0.25) is 0 Å². The maximum atomic E-state index is 10.9. The summed E-state index contributed by atoms with van der Waals surface area (Å²) < 4.78 is 4.94. The smallest absolute Gasteiger partial charge is 0.330 e. The second-order valence-corrected chi connectivity index (χ2v) is 4.86. The molecule has 0 fully saturated rings. The third kappa shape index (κ3) is 4.32. The van der Waals surface area contributed by atoms with Crippen LogP contribution in [0.15, 0.2) is 61.2 Å². The van der Waals surface area contributed by atoms with Crippen LogP contribution in [0.3, 0.4) is 0 Å². The Bertz CT molecular complexity index is 679. The van der Waals surface area contributed by atoms with Crippen molar-refractivity contribution in [1.82, 2.24) is 0 Å². The van der Waals surface area contributed by atoms with Crippen molar-refractivity contribution in [2.45, 2.75) is 12.8 Å². The van der Waals surface area contributed by atoms with Gasteiger partial charge in [0.05, 0.1) is 18.2 Å². The van der Waals surface area contributed by atoms with Gasteiger partial charge >= 0.3 is 5.97 Å². The van der Waals surface area contributed by atoms with E-state index in [1.54, 1.807) is 0 Å². The average Bonchev–Trinajstić information content (AvgIpc) is 2.59. The Morgan fingerprint density at radius 1 is 1.09 bits per heavy atom. The quantitative estimate of drug-likeness (QED) is 0.461. The van der Waals surface area contributed by atoms with E-state index < -0.39 is 0 Å². The predicted octanol–water partition coefficient (Wildman–Crippen LogP) is 3.89. The fourth-order valence-electron chi connectivity index (χ4n) is 2.11. The van der Waals surface area contributed by atoms with Crippen LogP contribution in [0.2, 0.25) is 0 Å². The Hall–Kier alpha value is -2.86. The molecule has 22 heavy (non-hydrogen) atoms. The van der Waals surface area contributed by atoms with E-state index in [0.29, 0.717) is 12.2 Å². The highest BCUT2D eigenvalue weighted by atomic mass is 16.5. The van der Waals surface area contributed by atoms with Gasteiger partial charge < -0.3 is 4.74 Å². The summed E-state index contributed by atoms with van der Waals surface area (Å²) in [5, 5.41) is 8.80. The summed E-state index contributed by atoms with van der Waals surface area (Å²) >= 11 is 0. The minimum absolute atomic E-state index is 0.379. The molecule has 0 saturated heterocycles. The zero-order valence-corrected chi connectivity index (χ0v) is 12.3. The van der Waals surface area contributed by atoms with Crippen LogP contribution in [0, 0.1) is 11.3 Å². The van der Waals surface area contributed by atoms with E-state index in [4.69, 9.17) is 10.00 Å². The van der Waals surface area contributed by atoms with E-state index in [0.717, 1.165) is 24.0 Å². The summed E-state index contributed by atoms with van der Waals surface area (Å²) in [6.45, 7) is 3.76. The minimum atomic E-state index is -0.379. The molecule has 0 N–H and O–H groups in total. The Labute approximate surface area is 130 Å². The molecule has 0 aliphatic rings. The Balaban J connectivity index is 1.91. The number of hydrogen-bond acceptors (Lipinski definition) is 3. The molecule has 0 aliphatic heterocycles. The molecule has 0 unspecified atom stereocenters. The molecule has 0 aromatic heterocycles. The zero-order chi connectivity index (χ0) is 15.8. The Kier molecular flexibility index (Phi) is 5.50. The van der Waals surface area contributed by atoms with Crippen molar-refractivity contribution in [3.63, 3.8) is 0 Å². The molecule has 3 nitrogen and oxygen atoms in total. The maximum Gasteiger partial charge on any atom is 0.330 e. The van der Waals surface area contributed by atoms with Crippen LogP contribution >= 0.6 is 0 Å².